The highest BCUT2D eigenvalue weighted by atomic mass is 32.2. The fourth-order valence-corrected chi connectivity index (χ4v) is 10.3. The molecule has 1 aromatic carbocycles. The molecule has 4 saturated carbocycles. The van der Waals surface area contributed by atoms with Crippen LogP contribution in [0.1, 0.15) is 54.4 Å². The van der Waals surface area contributed by atoms with Crippen molar-refractivity contribution in [3.63, 3.8) is 0 Å². The van der Waals surface area contributed by atoms with Gasteiger partial charge in [-0.15, -0.1) is 0 Å². The number of fused-ring (bicyclic) bond motifs is 1. The van der Waals surface area contributed by atoms with Crippen molar-refractivity contribution in [2.75, 3.05) is 18.8 Å². The Morgan fingerprint density at radius 2 is 1.82 bits per heavy atom. The third kappa shape index (κ3) is 4.40. The van der Waals surface area contributed by atoms with E-state index in [4.69, 9.17) is 0 Å². The maximum Gasteiger partial charge on any atom is 0.252 e. The minimum Gasteiger partial charge on any atom is -0.339 e. The number of carbonyl (C=O) groups excluding carboxylic acids is 4. The van der Waals surface area contributed by atoms with Gasteiger partial charge in [-0.1, -0.05) is 30.3 Å². The number of Topliss-reactive ketones (excluding diaryl/α,β-unsaturated/α-hetero) is 1. The topological polar surface area (TPSA) is 86.8 Å². The summed E-state index contributed by atoms with van der Waals surface area (Å²) in [6.45, 7) is 0.538. The minimum absolute atomic E-state index is 0.0434. The number of nitrogens with one attached hydrogen (secondary N) is 1. The number of nitrogens with zero attached hydrogens (tertiary/aromatic N) is 2. The average molecular weight is 578 g/mol. The first kappa shape index (κ1) is 26.3. The number of ketones is 1. The Hall–Kier alpha value is -2.65. The van der Waals surface area contributed by atoms with Gasteiger partial charge < -0.3 is 15.1 Å². The minimum atomic E-state index is -0.753. The van der Waals surface area contributed by atoms with Crippen LogP contribution in [0.4, 0.5) is 0 Å². The monoisotopic (exact) mass is 577 g/mol. The summed E-state index contributed by atoms with van der Waals surface area (Å²) in [4.78, 5) is 58.0. The van der Waals surface area contributed by atoms with Crippen molar-refractivity contribution in [3.8, 4) is 0 Å². The van der Waals surface area contributed by atoms with Crippen molar-refractivity contribution in [2.24, 2.45) is 23.2 Å². The van der Waals surface area contributed by atoms with E-state index in [1.165, 1.54) is 17.8 Å². The Morgan fingerprint density at radius 3 is 2.55 bits per heavy atom. The molecule has 5 atom stereocenters. The number of benzene rings is 1. The fourth-order valence-electron chi connectivity index (χ4n) is 8.65. The standard InChI is InChI=1S/C31H35N3O4S2/c35-26-15-34(30(38)31-13-20-10-21(14-31)12-23(31)11-20)25-6-8-33(27(25)26)29(37)24(32-28(36)22-7-9-39-17-22)18-40-16-19-4-2-1-3-5-19/h1-5,7,9,17,20-21,23-25,27H,6,8,10-16,18H2,(H,32,36)/t20?,21?,23?,24?,25-,27+,31?/m1/s1. The fraction of sp³-hybridized carbons (Fsp3) is 0.548. The Labute approximate surface area is 243 Å². The molecule has 3 unspecified atom stereocenters. The van der Waals surface area contributed by atoms with Gasteiger partial charge in [0.1, 0.15) is 12.1 Å². The van der Waals surface area contributed by atoms with Gasteiger partial charge in [0.2, 0.25) is 11.8 Å². The van der Waals surface area contributed by atoms with Gasteiger partial charge in [0.05, 0.1) is 23.6 Å². The molecule has 6 aliphatic rings. The Morgan fingerprint density at radius 1 is 1.05 bits per heavy atom. The molecule has 8 rings (SSSR count). The molecule has 3 heterocycles. The molecule has 2 aromatic rings. The molecule has 3 amide bonds. The molecule has 210 valence electrons. The van der Waals surface area contributed by atoms with Crippen LogP contribution in [-0.4, -0.2) is 70.3 Å². The van der Waals surface area contributed by atoms with Crippen LogP contribution in [0.25, 0.3) is 0 Å². The molecule has 6 fully saturated rings. The van der Waals surface area contributed by atoms with E-state index in [0.717, 1.165) is 37.0 Å². The van der Waals surface area contributed by atoms with E-state index < -0.39 is 12.1 Å². The zero-order chi connectivity index (χ0) is 27.4. The van der Waals surface area contributed by atoms with E-state index in [1.807, 2.05) is 40.6 Å². The number of hydrogen-bond acceptors (Lipinski definition) is 6. The Kier molecular flexibility index (Phi) is 6.77. The Balaban J connectivity index is 1.07. The summed E-state index contributed by atoms with van der Waals surface area (Å²) < 4.78 is 0. The lowest BCUT2D eigenvalue weighted by atomic mass is 9.74. The second-order valence-electron chi connectivity index (χ2n) is 12.5. The zero-order valence-electron chi connectivity index (χ0n) is 22.5. The third-order valence-corrected chi connectivity index (χ3v) is 12.0. The van der Waals surface area contributed by atoms with Gasteiger partial charge in [-0.05, 0) is 73.3 Å². The molecule has 2 aliphatic heterocycles. The van der Waals surface area contributed by atoms with Crippen molar-refractivity contribution >= 4 is 46.6 Å². The predicted octanol–water partition coefficient (Wildman–Crippen LogP) is 3.99. The van der Waals surface area contributed by atoms with E-state index in [9.17, 15) is 19.2 Å². The summed E-state index contributed by atoms with van der Waals surface area (Å²) in [6.07, 6.45) is 6.16. The van der Waals surface area contributed by atoms with Crippen LogP contribution in [-0.2, 0) is 20.1 Å². The van der Waals surface area contributed by atoms with Crippen molar-refractivity contribution < 1.29 is 19.2 Å². The van der Waals surface area contributed by atoms with E-state index in [2.05, 4.69) is 5.32 Å². The van der Waals surface area contributed by atoms with Crippen LogP contribution >= 0.6 is 23.1 Å². The van der Waals surface area contributed by atoms with Gasteiger partial charge in [0.15, 0.2) is 5.78 Å². The van der Waals surface area contributed by atoms with Gasteiger partial charge in [-0.25, -0.2) is 0 Å². The van der Waals surface area contributed by atoms with Crippen molar-refractivity contribution in [3.05, 3.63) is 58.3 Å². The number of carbonyl (C=O) groups is 4. The van der Waals surface area contributed by atoms with Gasteiger partial charge in [0.25, 0.3) is 5.91 Å². The number of thiophene rings is 1. The van der Waals surface area contributed by atoms with Crippen LogP contribution in [0, 0.1) is 23.2 Å². The van der Waals surface area contributed by atoms with Crippen molar-refractivity contribution in [1.82, 2.24) is 15.1 Å². The Bertz CT molecular complexity index is 1300. The summed E-state index contributed by atoms with van der Waals surface area (Å²) in [5.74, 6) is 2.55. The van der Waals surface area contributed by atoms with E-state index in [1.54, 1.807) is 28.1 Å². The zero-order valence-corrected chi connectivity index (χ0v) is 24.1. The van der Waals surface area contributed by atoms with Crippen molar-refractivity contribution in [1.29, 1.82) is 0 Å². The highest BCUT2D eigenvalue weighted by molar-refractivity contribution is 7.98. The van der Waals surface area contributed by atoms with Crippen LogP contribution in [0.15, 0.2) is 47.2 Å². The maximum atomic E-state index is 14.1. The predicted molar refractivity (Wildman–Crippen MR) is 155 cm³/mol. The summed E-state index contributed by atoms with van der Waals surface area (Å²) >= 11 is 3.03. The maximum absolute atomic E-state index is 14.1. The lowest BCUT2D eigenvalue weighted by molar-refractivity contribution is -0.145. The van der Waals surface area contributed by atoms with Crippen molar-refractivity contribution in [2.45, 2.75) is 62.4 Å². The quantitative estimate of drug-likeness (QED) is 0.513. The molecule has 40 heavy (non-hydrogen) atoms. The van der Waals surface area contributed by atoms with Crippen LogP contribution < -0.4 is 5.32 Å². The first-order valence-corrected chi connectivity index (χ1v) is 16.6. The van der Waals surface area contributed by atoms with Crippen LogP contribution in [0.3, 0.4) is 0 Å². The molecular formula is C31H35N3O4S2. The first-order chi connectivity index (χ1) is 19.4. The largest absolute Gasteiger partial charge is 0.339 e. The van der Waals surface area contributed by atoms with Crippen LogP contribution in [0.5, 0.6) is 0 Å². The second kappa shape index (κ2) is 10.3. The molecule has 1 N–H and O–H groups in total. The van der Waals surface area contributed by atoms with Gasteiger partial charge in [-0.2, -0.15) is 23.1 Å². The molecular weight excluding hydrogens is 542 g/mol. The molecule has 2 saturated heterocycles. The van der Waals surface area contributed by atoms with E-state index in [0.29, 0.717) is 42.0 Å². The summed E-state index contributed by atoms with van der Waals surface area (Å²) in [5.41, 5.74) is 1.41. The molecule has 4 bridgehead atoms. The number of thioether (sulfide) groups is 1. The highest BCUT2D eigenvalue weighted by Gasteiger charge is 2.64. The normalized spacial score (nSPS) is 32.5. The lowest BCUT2D eigenvalue weighted by Crippen LogP contribution is -2.53. The summed E-state index contributed by atoms with van der Waals surface area (Å²) in [5, 5.41) is 6.57. The van der Waals surface area contributed by atoms with Gasteiger partial charge in [-0.3, -0.25) is 19.2 Å². The molecule has 7 nitrogen and oxygen atoms in total. The van der Waals surface area contributed by atoms with E-state index >= 15 is 0 Å². The lowest BCUT2D eigenvalue weighted by Gasteiger charge is -2.37. The summed E-state index contributed by atoms with van der Waals surface area (Å²) in [7, 11) is 0. The smallest absolute Gasteiger partial charge is 0.252 e. The SMILES string of the molecule is O=C(NC(CSCc1ccccc1)C(=O)N1CC[C@@H]2[C@H]1C(=O)CN2C(=O)C12CC3CC(CC1C3)C2)c1ccsc1. The average Bonchev–Trinajstić information content (AvgIpc) is 3.76. The third-order valence-electron chi connectivity index (χ3n) is 10.2. The first-order valence-electron chi connectivity index (χ1n) is 14.5. The molecule has 0 spiro atoms. The molecule has 4 aliphatic carbocycles. The van der Waals surface area contributed by atoms with Gasteiger partial charge in [0, 0.05) is 23.4 Å². The highest BCUT2D eigenvalue weighted by Crippen LogP contribution is 2.66. The van der Waals surface area contributed by atoms with Crippen LogP contribution in [0.2, 0.25) is 0 Å². The molecule has 9 heteroatoms. The molecule has 0 radical (unpaired) electrons. The van der Waals surface area contributed by atoms with Gasteiger partial charge >= 0.3 is 0 Å². The van der Waals surface area contributed by atoms with E-state index in [-0.39, 0.29) is 41.5 Å². The second-order valence-corrected chi connectivity index (χ2v) is 14.3. The molecule has 1 aromatic heterocycles. The number of amides is 3. The summed E-state index contributed by atoms with van der Waals surface area (Å²) in [6, 6.07) is 10.2. The number of likely N-dealkylation sites (tertiary alicyclic amines) is 2. The number of rotatable bonds is 8. The number of hydrogen-bond donors (Lipinski definition) is 1.